The molecule has 0 bridgehead atoms. The molecule has 1 aromatic rings. The highest BCUT2D eigenvalue weighted by atomic mass is 35.5. The van der Waals surface area contributed by atoms with Crippen molar-refractivity contribution in [1.29, 1.82) is 0 Å². The Bertz CT molecular complexity index is 396. The van der Waals surface area contributed by atoms with E-state index in [9.17, 15) is 13.6 Å². The van der Waals surface area contributed by atoms with E-state index in [1.165, 1.54) is 14.0 Å². The molecule has 0 aliphatic heterocycles. The molecule has 0 saturated heterocycles. The van der Waals surface area contributed by atoms with Gasteiger partial charge in [-0.05, 0) is 13.0 Å². The van der Waals surface area contributed by atoms with Crippen LogP contribution in [-0.4, -0.2) is 18.1 Å². The maximum absolute atomic E-state index is 12.4. The molecule has 0 amide bonds. The number of nitrogens with zero attached hydrogens (tertiary/aromatic N) is 1. The van der Waals surface area contributed by atoms with Crippen LogP contribution < -0.4 is 0 Å². The molecule has 0 spiro atoms. The number of rotatable bonds is 2. The second kappa shape index (κ2) is 4.53. The minimum absolute atomic E-state index is 0.00259. The lowest BCUT2D eigenvalue weighted by Crippen LogP contribution is -2.07. The van der Waals surface area contributed by atoms with Gasteiger partial charge in [-0.2, -0.15) is 0 Å². The number of methoxy groups -OCH3 is 1. The molecule has 0 radical (unpaired) electrons. The number of aryl methyl sites for hydroxylation is 1. The van der Waals surface area contributed by atoms with Crippen molar-refractivity contribution < 1.29 is 18.3 Å². The minimum Gasteiger partial charge on any atom is -0.465 e. The fourth-order valence-electron chi connectivity index (χ4n) is 1.06. The van der Waals surface area contributed by atoms with Gasteiger partial charge in [-0.1, -0.05) is 11.6 Å². The molecule has 0 aliphatic carbocycles. The molecular formula is C9H8ClF2NO2. The highest BCUT2D eigenvalue weighted by Gasteiger charge is 2.19. The Morgan fingerprint density at radius 2 is 2.20 bits per heavy atom. The third kappa shape index (κ3) is 2.41. The van der Waals surface area contributed by atoms with E-state index in [1.807, 2.05) is 0 Å². The summed E-state index contributed by atoms with van der Waals surface area (Å²) >= 11 is 5.50. The molecule has 1 aromatic heterocycles. The molecule has 0 fully saturated rings. The lowest BCUT2D eigenvalue weighted by molar-refractivity contribution is 0.0599. The van der Waals surface area contributed by atoms with Crippen LogP contribution in [0.1, 0.15) is 28.0 Å². The third-order valence-corrected chi connectivity index (χ3v) is 2.14. The van der Waals surface area contributed by atoms with Crippen LogP contribution in [0.25, 0.3) is 0 Å². The molecule has 0 atom stereocenters. The van der Waals surface area contributed by atoms with Crippen molar-refractivity contribution in [2.45, 2.75) is 13.3 Å². The van der Waals surface area contributed by atoms with Crippen LogP contribution in [-0.2, 0) is 4.74 Å². The van der Waals surface area contributed by atoms with Crippen LogP contribution in [0.4, 0.5) is 8.78 Å². The van der Waals surface area contributed by atoms with Gasteiger partial charge in [0.05, 0.1) is 23.9 Å². The van der Waals surface area contributed by atoms with Gasteiger partial charge >= 0.3 is 5.97 Å². The number of carbonyl (C=O) groups is 1. The number of hydrogen-bond donors (Lipinski definition) is 0. The summed E-state index contributed by atoms with van der Waals surface area (Å²) < 4.78 is 29.3. The van der Waals surface area contributed by atoms with E-state index in [0.29, 0.717) is 0 Å². The molecule has 0 saturated carbocycles. The summed E-state index contributed by atoms with van der Waals surface area (Å²) in [5, 5.41) is -0.296. The number of alkyl halides is 2. The van der Waals surface area contributed by atoms with Gasteiger partial charge in [-0.3, -0.25) is 0 Å². The highest BCUT2D eigenvalue weighted by molar-refractivity contribution is 6.30. The first-order valence-corrected chi connectivity index (χ1v) is 4.38. The van der Waals surface area contributed by atoms with E-state index >= 15 is 0 Å². The van der Waals surface area contributed by atoms with Gasteiger partial charge in [-0.25, -0.2) is 18.6 Å². The van der Waals surface area contributed by atoms with Crippen molar-refractivity contribution in [2.24, 2.45) is 0 Å². The zero-order valence-corrected chi connectivity index (χ0v) is 8.81. The molecule has 1 heterocycles. The van der Waals surface area contributed by atoms with E-state index in [2.05, 4.69) is 9.72 Å². The number of hydrogen-bond acceptors (Lipinski definition) is 3. The predicted octanol–water partition coefficient (Wildman–Crippen LogP) is 2.77. The standard InChI is InChI=1S/C9H8ClF2NO2/c1-4-5(9(14)15-2)3-6(8(11)12)7(10)13-4/h3,8H,1-2H3. The Morgan fingerprint density at radius 3 is 2.67 bits per heavy atom. The molecular weight excluding hydrogens is 228 g/mol. The van der Waals surface area contributed by atoms with Gasteiger partial charge < -0.3 is 4.74 Å². The Kier molecular flexibility index (Phi) is 3.57. The molecule has 0 aromatic carbocycles. The summed E-state index contributed by atoms with van der Waals surface area (Å²) in [6, 6.07) is 1.00. The monoisotopic (exact) mass is 235 g/mol. The number of pyridine rings is 1. The first-order chi connectivity index (χ1) is 6.97. The Balaban J connectivity index is 3.29. The largest absolute Gasteiger partial charge is 0.465 e. The van der Waals surface area contributed by atoms with Crippen LogP contribution >= 0.6 is 11.6 Å². The Hall–Kier alpha value is -1.23. The second-order valence-corrected chi connectivity index (χ2v) is 3.15. The SMILES string of the molecule is COC(=O)c1cc(C(F)F)c(Cl)nc1C. The smallest absolute Gasteiger partial charge is 0.339 e. The van der Waals surface area contributed by atoms with Gasteiger partial charge in [-0.15, -0.1) is 0 Å². The molecule has 3 nitrogen and oxygen atoms in total. The topological polar surface area (TPSA) is 39.2 Å². The molecule has 15 heavy (non-hydrogen) atoms. The van der Waals surface area contributed by atoms with Crippen LogP contribution in [0.5, 0.6) is 0 Å². The van der Waals surface area contributed by atoms with Crippen molar-refractivity contribution in [3.8, 4) is 0 Å². The summed E-state index contributed by atoms with van der Waals surface area (Å²) in [5.74, 6) is -0.710. The highest BCUT2D eigenvalue weighted by Crippen LogP contribution is 2.27. The quantitative estimate of drug-likeness (QED) is 0.585. The van der Waals surface area contributed by atoms with Crippen molar-refractivity contribution in [3.05, 3.63) is 28.0 Å². The van der Waals surface area contributed by atoms with Crippen molar-refractivity contribution in [2.75, 3.05) is 7.11 Å². The van der Waals surface area contributed by atoms with E-state index in [-0.39, 0.29) is 16.4 Å². The molecule has 0 aliphatic rings. The summed E-state index contributed by atoms with van der Waals surface area (Å²) in [6.07, 6.45) is -2.77. The number of esters is 1. The van der Waals surface area contributed by atoms with Crippen molar-refractivity contribution >= 4 is 17.6 Å². The van der Waals surface area contributed by atoms with Crippen molar-refractivity contribution in [3.63, 3.8) is 0 Å². The number of ether oxygens (including phenoxy) is 1. The van der Waals surface area contributed by atoms with Gasteiger partial charge in [0, 0.05) is 0 Å². The summed E-state index contributed by atoms with van der Waals surface area (Å²) in [7, 11) is 1.17. The maximum Gasteiger partial charge on any atom is 0.339 e. The average Bonchev–Trinajstić information content (AvgIpc) is 2.16. The van der Waals surface area contributed by atoms with Crippen LogP contribution in [0.3, 0.4) is 0 Å². The Morgan fingerprint density at radius 1 is 1.60 bits per heavy atom. The summed E-state index contributed by atoms with van der Waals surface area (Å²) in [6.45, 7) is 1.49. The van der Waals surface area contributed by atoms with Gasteiger partial charge in [0.1, 0.15) is 5.15 Å². The van der Waals surface area contributed by atoms with Gasteiger partial charge in [0.2, 0.25) is 0 Å². The van der Waals surface area contributed by atoms with E-state index in [0.717, 1.165) is 6.07 Å². The zero-order chi connectivity index (χ0) is 11.6. The summed E-state index contributed by atoms with van der Waals surface area (Å²) in [4.78, 5) is 14.8. The Labute approximate surface area is 90.0 Å². The molecule has 6 heteroatoms. The number of aromatic nitrogens is 1. The van der Waals surface area contributed by atoms with Crippen LogP contribution in [0, 0.1) is 6.92 Å². The lowest BCUT2D eigenvalue weighted by Gasteiger charge is -2.07. The van der Waals surface area contributed by atoms with Gasteiger partial charge in [0.15, 0.2) is 0 Å². The van der Waals surface area contributed by atoms with Crippen molar-refractivity contribution in [1.82, 2.24) is 4.98 Å². The average molecular weight is 236 g/mol. The number of carbonyl (C=O) groups excluding carboxylic acids is 1. The fraction of sp³-hybridized carbons (Fsp3) is 0.333. The van der Waals surface area contributed by atoms with E-state index in [1.54, 1.807) is 0 Å². The van der Waals surface area contributed by atoms with E-state index < -0.39 is 18.0 Å². The third-order valence-electron chi connectivity index (χ3n) is 1.83. The zero-order valence-electron chi connectivity index (χ0n) is 8.05. The molecule has 0 N–H and O–H groups in total. The van der Waals surface area contributed by atoms with E-state index in [4.69, 9.17) is 11.6 Å². The van der Waals surface area contributed by atoms with Gasteiger partial charge in [0.25, 0.3) is 6.43 Å². The fourth-order valence-corrected chi connectivity index (χ4v) is 1.32. The minimum atomic E-state index is -2.77. The first kappa shape index (κ1) is 11.8. The maximum atomic E-state index is 12.4. The van der Waals surface area contributed by atoms with Crippen LogP contribution in [0.15, 0.2) is 6.07 Å². The predicted molar refractivity (Wildman–Crippen MR) is 50.3 cm³/mol. The molecule has 1 rings (SSSR count). The number of halogens is 3. The molecule has 82 valence electrons. The first-order valence-electron chi connectivity index (χ1n) is 4.01. The van der Waals surface area contributed by atoms with Crippen LogP contribution in [0.2, 0.25) is 5.15 Å². The normalized spacial score (nSPS) is 10.5. The summed E-state index contributed by atoms with van der Waals surface area (Å²) in [5.41, 5.74) is -0.212. The molecule has 0 unspecified atom stereocenters. The second-order valence-electron chi connectivity index (χ2n) is 2.79. The lowest BCUT2D eigenvalue weighted by atomic mass is 10.1.